The van der Waals surface area contributed by atoms with E-state index in [-0.39, 0.29) is 5.91 Å². The van der Waals surface area contributed by atoms with E-state index in [2.05, 4.69) is 25.3 Å². The Morgan fingerprint density at radius 2 is 2.04 bits per heavy atom. The van der Waals surface area contributed by atoms with Gasteiger partial charge < -0.3 is 4.98 Å². The third kappa shape index (κ3) is 2.58. The summed E-state index contributed by atoms with van der Waals surface area (Å²) >= 11 is 1.37. The van der Waals surface area contributed by atoms with E-state index in [9.17, 15) is 4.79 Å². The molecule has 0 unspecified atom stereocenters. The van der Waals surface area contributed by atoms with Gasteiger partial charge in [0.25, 0.3) is 5.91 Å². The summed E-state index contributed by atoms with van der Waals surface area (Å²) in [5, 5.41) is 5.15. The van der Waals surface area contributed by atoms with Crippen molar-refractivity contribution < 1.29 is 4.79 Å². The number of aromatic nitrogens is 4. The Morgan fingerprint density at radius 1 is 1.09 bits per heavy atom. The maximum absolute atomic E-state index is 12.5. The van der Waals surface area contributed by atoms with Gasteiger partial charge in [0.2, 0.25) is 0 Å². The van der Waals surface area contributed by atoms with Crippen molar-refractivity contribution in [3.63, 3.8) is 0 Å². The second kappa shape index (κ2) is 5.62. The standard InChI is InChI=1S/C16H11N5OS/c22-15(21-16-18-8-9-23-16)10-4-3-6-11-13(10)20-14(19-11)12-5-1-2-7-17-12/h1-9H,(H,19,20)(H,18,21,22). The molecule has 0 spiro atoms. The van der Waals surface area contributed by atoms with E-state index in [0.29, 0.717) is 22.0 Å². The third-order valence-electron chi connectivity index (χ3n) is 3.32. The van der Waals surface area contributed by atoms with Gasteiger partial charge in [-0.2, -0.15) is 0 Å². The Bertz CT molecular complexity index is 963. The summed E-state index contributed by atoms with van der Waals surface area (Å²) in [6.45, 7) is 0. The van der Waals surface area contributed by atoms with Crippen LogP contribution in [0.15, 0.2) is 54.2 Å². The number of para-hydroxylation sites is 1. The van der Waals surface area contributed by atoms with Crippen molar-refractivity contribution in [2.45, 2.75) is 0 Å². The van der Waals surface area contributed by atoms with Gasteiger partial charge in [0.15, 0.2) is 11.0 Å². The van der Waals surface area contributed by atoms with Gasteiger partial charge in [-0.3, -0.25) is 15.1 Å². The summed E-state index contributed by atoms with van der Waals surface area (Å²) in [6, 6.07) is 11.1. The van der Waals surface area contributed by atoms with Crippen LogP contribution < -0.4 is 5.32 Å². The second-order valence-electron chi connectivity index (χ2n) is 4.79. The first kappa shape index (κ1) is 13.6. The molecule has 0 fully saturated rings. The van der Waals surface area contributed by atoms with Gasteiger partial charge in [0, 0.05) is 17.8 Å². The molecule has 0 saturated carbocycles. The number of benzene rings is 1. The van der Waals surface area contributed by atoms with Gasteiger partial charge >= 0.3 is 0 Å². The van der Waals surface area contributed by atoms with Gasteiger partial charge in [-0.05, 0) is 24.3 Å². The van der Waals surface area contributed by atoms with Gasteiger partial charge in [-0.1, -0.05) is 12.1 Å². The van der Waals surface area contributed by atoms with Crippen LogP contribution >= 0.6 is 11.3 Å². The largest absolute Gasteiger partial charge is 0.337 e. The average molecular weight is 321 g/mol. The fourth-order valence-electron chi connectivity index (χ4n) is 2.29. The molecule has 0 bridgehead atoms. The number of pyridine rings is 1. The molecule has 1 aromatic carbocycles. The minimum Gasteiger partial charge on any atom is -0.337 e. The molecule has 0 saturated heterocycles. The number of fused-ring (bicyclic) bond motifs is 1. The summed E-state index contributed by atoms with van der Waals surface area (Å²) in [5.74, 6) is 0.403. The van der Waals surface area contributed by atoms with Crippen LogP contribution in [0.3, 0.4) is 0 Å². The molecule has 2 N–H and O–H groups in total. The second-order valence-corrected chi connectivity index (χ2v) is 5.69. The highest BCUT2D eigenvalue weighted by Gasteiger charge is 2.15. The Labute approximate surface area is 135 Å². The minimum absolute atomic E-state index is 0.232. The molecule has 4 aromatic rings. The number of nitrogens with zero attached hydrogens (tertiary/aromatic N) is 3. The molecule has 0 aliphatic heterocycles. The lowest BCUT2D eigenvalue weighted by Crippen LogP contribution is -2.12. The number of amides is 1. The number of anilines is 1. The highest BCUT2D eigenvalue weighted by atomic mass is 32.1. The molecule has 7 heteroatoms. The summed E-state index contributed by atoms with van der Waals surface area (Å²) in [5.41, 5.74) is 2.63. The van der Waals surface area contributed by atoms with Crippen LogP contribution in [0.1, 0.15) is 10.4 Å². The molecular weight excluding hydrogens is 310 g/mol. The number of imidazole rings is 1. The summed E-state index contributed by atoms with van der Waals surface area (Å²) in [4.78, 5) is 28.5. The molecule has 112 valence electrons. The SMILES string of the molecule is O=C(Nc1nccs1)c1cccc2[nH]c(-c3ccccn3)nc12. The lowest BCUT2D eigenvalue weighted by Gasteiger charge is -2.02. The normalized spacial score (nSPS) is 10.8. The highest BCUT2D eigenvalue weighted by molar-refractivity contribution is 7.13. The first-order valence-corrected chi connectivity index (χ1v) is 7.80. The lowest BCUT2D eigenvalue weighted by atomic mass is 10.2. The Morgan fingerprint density at radius 3 is 2.83 bits per heavy atom. The summed E-state index contributed by atoms with van der Waals surface area (Å²) < 4.78 is 0. The van der Waals surface area contributed by atoms with Crippen molar-refractivity contribution in [2.75, 3.05) is 5.32 Å². The van der Waals surface area contributed by atoms with Crippen molar-refractivity contribution in [3.8, 4) is 11.5 Å². The van der Waals surface area contributed by atoms with Crippen molar-refractivity contribution >= 4 is 33.4 Å². The zero-order chi connectivity index (χ0) is 15.6. The van der Waals surface area contributed by atoms with E-state index in [1.54, 1.807) is 18.5 Å². The van der Waals surface area contributed by atoms with Crippen molar-refractivity contribution in [1.29, 1.82) is 0 Å². The van der Waals surface area contributed by atoms with Gasteiger partial charge in [0.1, 0.15) is 11.2 Å². The summed E-state index contributed by atoms with van der Waals surface area (Å²) in [7, 11) is 0. The maximum Gasteiger partial charge on any atom is 0.259 e. The molecule has 6 nitrogen and oxygen atoms in total. The molecule has 23 heavy (non-hydrogen) atoms. The van der Waals surface area contributed by atoms with Crippen LogP contribution in [0.4, 0.5) is 5.13 Å². The van der Waals surface area contributed by atoms with Crippen LogP contribution in [-0.2, 0) is 0 Å². The number of hydrogen-bond acceptors (Lipinski definition) is 5. The van der Waals surface area contributed by atoms with E-state index < -0.39 is 0 Å². The number of rotatable bonds is 3. The molecule has 0 aliphatic carbocycles. The number of thiazole rings is 1. The van der Waals surface area contributed by atoms with Gasteiger partial charge in [-0.25, -0.2) is 9.97 Å². The van der Waals surface area contributed by atoms with E-state index in [4.69, 9.17) is 0 Å². The monoisotopic (exact) mass is 321 g/mol. The minimum atomic E-state index is -0.232. The average Bonchev–Trinajstić information content (AvgIpc) is 3.24. The molecule has 0 aliphatic rings. The fraction of sp³-hybridized carbons (Fsp3) is 0. The van der Waals surface area contributed by atoms with E-state index in [1.807, 2.05) is 35.7 Å². The predicted molar refractivity (Wildman–Crippen MR) is 89.4 cm³/mol. The van der Waals surface area contributed by atoms with Crippen molar-refractivity contribution in [3.05, 3.63) is 59.7 Å². The van der Waals surface area contributed by atoms with Crippen LogP contribution in [0.5, 0.6) is 0 Å². The third-order valence-corrected chi connectivity index (χ3v) is 4.01. The van der Waals surface area contributed by atoms with E-state index in [0.717, 1.165) is 11.2 Å². The maximum atomic E-state index is 12.5. The molecule has 3 aromatic heterocycles. The van der Waals surface area contributed by atoms with Crippen LogP contribution in [0.2, 0.25) is 0 Å². The molecule has 0 radical (unpaired) electrons. The zero-order valence-electron chi connectivity index (χ0n) is 11.9. The first-order chi connectivity index (χ1) is 11.3. The summed E-state index contributed by atoms with van der Waals surface area (Å²) in [6.07, 6.45) is 3.35. The van der Waals surface area contributed by atoms with E-state index >= 15 is 0 Å². The Kier molecular flexibility index (Phi) is 3.32. The number of carbonyl (C=O) groups is 1. The molecular formula is C16H11N5OS. The fourth-order valence-corrected chi connectivity index (χ4v) is 2.81. The highest BCUT2D eigenvalue weighted by Crippen LogP contribution is 2.22. The Balaban J connectivity index is 1.76. The molecule has 4 rings (SSSR count). The molecule has 1 amide bonds. The van der Waals surface area contributed by atoms with Crippen molar-refractivity contribution in [2.24, 2.45) is 0 Å². The van der Waals surface area contributed by atoms with Crippen LogP contribution in [-0.4, -0.2) is 25.8 Å². The smallest absolute Gasteiger partial charge is 0.259 e. The zero-order valence-corrected chi connectivity index (χ0v) is 12.7. The number of carbonyl (C=O) groups excluding carboxylic acids is 1. The van der Waals surface area contributed by atoms with Gasteiger partial charge in [0.05, 0.1) is 11.1 Å². The van der Waals surface area contributed by atoms with Crippen LogP contribution in [0, 0.1) is 0 Å². The molecule has 3 heterocycles. The lowest BCUT2D eigenvalue weighted by molar-refractivity contribution is 0.102. The molecule has 0 atom stereocenters. The van der Waals surface area contributed by atoms with E-state index in [1.165, 1.54) is 11.3 Å². The number of hydrogen-bond donors (Lipinski definition) is 2. The number of nitrogens with one attached hydrogen (secondary N) is 2. The number of H-pyrrole nitrogens is 1. The number of aromatic amines is 1. The predicted octanol–water partition coefficient (Wildman–Crippen LogP) is 3.33. The first-order valence-electron chi connectivity index (χ1n) is 6.92. The van der Waals surface area contributed by atoms with Gasteiger partial charge in [-0.15, -0.1) is 11.3 Å². The van der Waals surface area contributed by atoms with Crippen LogP contribution in [0.25, 0.3) is 22.6 Å². The topological polar surface area (TPSA) is 83.6 Å². The van der Waals surface area contributed by atoms with Crippen molar-refractivity contribution in [1.82, 2.24) is 19.9 Å². The quantitative estimate of drug-likeness (QED) is 0.606. The Hall–Kier alpha value is -3.06.